The van der Waals surface area contributed by atoms with Gasteiger partial charge in [-0.25, -0.2) is 0 Å². The van der Waals surface area contributed by atoms with Crippen LogP contribution < -0.4 is 0 Å². The number of likely N-dealkylation sites (N-methyl/N-ethyl adjacent to an activating group) is 2. The van der Waals surface area contributed by atoms with E-state index in [1.807, 2.05) is 42.3 Å². The van der Waals surface area contributed by atoms with Gasteiger partial charge in [0, 0.05) is 13.6 Å². The molecule has 1 aromatic carbocycles. The van der Waals surface area contributed by atoms with E-state index in [0.29, 0.717) is 13.1 Å². The standard InChI is InChI=1S/C16H20N2O2/c1-17(11-14-7-4-3-5-8-14)13-16(19)18(2)12-15-9-6-10-20-15/h3-10H,11-13H2,1-2H3. The third-order valence-corrected chi connectivity index (χ3v) is 3.10. The molecule has 1 heterocycles. The van der Waals surface area contributed by atoms with Crippen LogP contribution in [0.3, 0.4) is 0 Å². The fraction of sp³-hybridized carbons (Fsp3) is 0.312. The second-order valence-electron chi connectivity index (χ2n) is 4.99. The Morgan fingerprint density at radius 1 is 1.05 bits per heavy atom. The minimum atomic E-state index is 0.0832. The lowest BCUT2D eigenvalue weighted by Crippen LogP contribution is -2.35. The highest BCUT2D eigenvalue weighted by Gasteiger charge is 2.13. The molecule has 0 N–H and O–H groups in total. The number of carbonyl (C=O) groups is 1. The Balaban J connectivity index is 1.81. The topological polar surface area (TPSA) is 36.7 Å². The highest BCUT2D eigenvalue weighted by molar-refractivity contribution is 5.77. The van der Waals surface area contributed by atoms with E-state index in [1.165, 1.54) is 5.56 Å². The fourth-order valence-electron chi connectivity index (χ4n) is 2.03. The Labute approximate surface area is 119 Å². The highest BCUT2D eigenvalue weighted by Crippen LogP contribution is 2.06. The molecule has 106 valence electrons. The molecule has 0 saturated heterocycles. The normalized spacial score (nSPS) is 10.8. The molecule has 0 fully saturated rings. The van der Waals surface area contributed by atoms with Crippen LogP contribution in [0.5, 0.6) is 0 Å². The lowest BCUT2D eigenvalue weighted by atomic mass is 10.2. The molecule has 4 nitrogen and oxygen atoms in total. The van der Waals surface area contributed by atoms with Crippen LogP contribution in [-0.4, -0.2) is 36.3 Å². The number of hydrogen-bond donors (Lipinski definition) is 0. The van der Waals surface area contributed by atoms with E-state index >= 15 is 0 Å². The van der Waals surface area contributed by atoms with Crippen LogP contribution in [0.1, 0.15) is 11.3 Å². The van der Waals surface area contributed by atoms with Crippen molar-refractivity contribution in [2.75, 3.05) is 20.6 Å². The van der Waals surface area contributed by atoms with Gasteiger partial charge in [-0.3, -0.25) is 9.69 Å². The summed E-state index contributed by atoms with van der Waals surface area (Å²) in [4.78, 5) is 15.8. The van der Waals surface area contributed by atoms with Gasteiger partial charge in [-0.15, -0.1) is 0 Å². The zero-order valence-corrected chi connectivity index (χ0v) is 12.0. The molecule has 0 spiro atoms. The van der Waals surface area contributed by atoms with Crippen molar-refractivity contribution in [3.63, 3.8) is 0 Å². The van der Waals surface area contributed by atoms with Gasteiger partial charge in [0.2, 0.25) is 5.91 Å². The molecule has 2 rings (SSSR count). The number of furan rings is 1. The van der Waals surface area contributed by atoms with Crippen molar-refractivity contribution < 1.29 is 9.21 Å². The average molecular weight is 272 g/mol. The van der Waals surface area contributed by atoms with Crippen LogP contribution in [0, 0.1) is 0 Å². The van der Waals surface area contributed by atoms with Gasteiger partial charge < -0.3 is 9.32 Å². The Morgan fingerprint density at radius 2 is 1.80 bits per heavy atom. The molecule has 0 radical (unpaired) electrons. The van der Waals surface area contributed by atoms with Gasteiger partial charge in [0.1, 0.15) is 5.76 Å². The largest absolute Gasteiger partial charge is 0.467 e. The number of benzene rings is 1. The first-order valence-corrected chi connectivity index (χ1v) is 6.64. The minimum absolute atomic E-state index is 0.0832. The average Bonchev–Trinajstić information content (AvgIpc) is 2.92. The van der Waals surface area contributed by atoms with Crippen molar-refractivity contribution >= 4 is 5.91 Å². The number of rotatable bonds is 6. The molecular formula is C16H20N2O2. The minimum Gasteiger partial charge on any atom is -0.467 e. The summed E-state index contributed by atoms with van der Waals surface area (Å²) in [6.45, 7) is 1.66. The monoisotopic (exact) mass is 272 g/mol. The van der Waals surface area contributed by atoms with Gasteiger partial charge in [0.05, 0.1) is 19.4 Å². The molecule has 4 heteroatoms. The van der Waals surface area contributed by atoms with Gasteiger partial charge in [0.25, 0.3) is 0 Å². The summed E-state index contributed by atoms with van der Waals surface area (Å²) in [5.74, 6) is 0.881. The van der Waals surface area contributed by atoms with E-state index in [9.17, 15) is 4.79 Å². The van der Waals surface area contributed by atoms with E-state index in [2.05, 4.69) is 12.1 Å². The summed E-state index contributed by atoms with van der Waals surface area (Å²) in [5.41, 5.74) is 1.21. The van der Waals surface area contributed by atoms with Crippen molar-refractivity contribution in [2.24, 2.45) is 0 Å². The summed E-state index contributed by atoms with van der Waals surface area (Å²) in [5, 5.41) is 0. The van der Waals surface area contributed by atoms with Crippen molar-refractivity contribution in [1.82, 2.24) is 9.80 Å². The zero-order chi connectivity index (χ0) is 14.4. The highest BCUT2D eigenvalue weighted by atomic mass is 16.3. The maximum absolute atomic E-state index is 12.1. The number of amides is 1. The van der Waals surface area contributed by atoms with Crippen LogP contribution in [-0.2, 0) is 17.9 Å². The molecule has 20 heavy (non-hydrogen) atoms. The SMILES string of the molecule is CN(CC(=O)N(C)Cc1ccco1)Cc1ccccc1. The van der Waals surface area contributed by atoms with Crippen LogP contribution in [0.25, 0.3) is 0 Å². The summed E-state index contributed by atoms with van der Waals surface area (Å²) in [7, 11) is 3.74. The molecule has 0 saturated carbocycles. The predicted molar refractivity (Wildman–Crippen MR) is 78.0 cm³/mol. The van der Waals surface area contributed by atoms with Gasteiger partial charge in [-0.2, -0.15) is 0 Å². The van der Waals surface area contributed by atoms with Gasteiger partial charge >= 0.3 is 0 Å². The maximum atomic E-state index is 12.1. The van der Waals surface area contributed by atoms with Crippen LogP contribution in [0.4, 0.5) is 0 Å². The third kappa shape index (κ3) is 4.24. The van der Waals surface area contributed by atoms with Gasteiger partial charge in [0.15, 0.2) is 0 Å². The van der Waals surface area contributed by atoms with E-state index in [4.69, 9.17) is 4.42 Å². The van der Waals surface area contributed by atoms with Crippen molar-refractivity contribution in [3.8, 4) is 0 Å². The first-order chi connectivity index (χ1) is 9.65. The number of carbonyl (C=O) groups excluding carboxylic acids is 1. The molecule has 1 aromatic heterocycles. The van der Waals surface area contributed by atoms with Crippen LogP contribution >= 0.6 is 0 Å². The second kappa shape index (κ2) is 6.91. The molecule has 0 aliphatic carbocycles. The smallest absolute Gasteiger partial charge is 0.236 e. The third-order valence-electron chi connectivity index (χ3n) is 3.10. The summed E-state index contributed by atoms with van der Waals surface area (Å²) < 4.78 is 5.25. The molecule has 0 unspecified atom stereocenters. The quantitative estimate of drug-likeness (QED) is 0.810. The van der Waals surface area contributed by atoms with Crippen molar-refractivity contribution in [2.45, 2.75) is 13.1 Å². The number of nitrogens with zero attached hydrogens (tertiary/aromatic N) is 2. The first kappa shape index (κ1) is 14.3. The zero-order valence-electron chi connectivity index (χ0n) is 12.0. The van der Waals surface area contributed by atoms with Gasteiger partial charge in [-0.1, -0.05) is 30.3 Å². The lowest BCUT2D eigenvalue weighted by Gasteiger charge is -2.21. The van der Waals surface area contributed by atoms with Crippen molar-refractivity contribution in [1.29, 1.82) is 0 Å². The van der Waals surface area contributed by atoms with Crippen LogP contribution in [0.15, 0.2) is 53.1 Å². The van der Waals surface area contributed by atoms with Gasteiger partial charge in [-0.05, 0) is 24.7 Å². The molecule has 0 bridgehead atoms. The Bertz CT molecular complexity index is 523. The molecule has 2 aromatic rings. The van der Waals surface area contributed by atoms with E-state index in [1.54, 1.807) is 18.2 Å². The second-order valence-corrected chi connectivity index (χ2v) is 4.99. The van der Waals surface area contributed by atoms with E-state index in [0.717, 1.165) is 12.3 Å². The summed E-state index contributed by atoms with van der Waals surface area (Å²) >= 11 is 0. The summed E-state index contributed by atoms with van der Waals surface area (Å²) in [6, 6.07) is 13.8. The Hall–Kier alpha value is -2.07. The lowest BCUT2D eigenvalue weighted by molar-refractivity contribution is -0.131. The summed E-state index contributed by atoms with van der Waals surface area (Å²) in [6.07, 6.45) is 1.62. The molecule has 0 aliphatic rings. The Kier molecular flexibility index (Phi) is 4.96. The molecule has 0 atom stereocenters. The first-order valence-electron chi connectivity index (χ1n) is 6.64. The molecule has 1 amide bonds. The maximum Gasteiger partial charge on any atom is 0.236 e. The molecule has 0 aliphatic heterocycles. The number of hydrogen-bond acceptors (Lipinski definition) is 3. The van der Waals surface area contributed by atoms with E-state index < -0.39 is 0 Å². The predicted octanol–water partition coefficient (Wildman–Crippen LogP) is 2.37. The molecular weight excluding hydrogens is 252 g/mol. The Morgan fingerprint density at radius 3 is 2.45 bits per heavy atom. The van der Waals surface area contributed by atoms with Crippen LogP contribution in [0.2, 0.25) is 0 Å². The van der Waals surface area contributed by atoms with E-state index in [-0.39, 0.29) is 5.91 Å². The fourth-order valence-corrected chi connectivity index (χ4v) is 2.03. The van der Waals surface area contributed by atoms with Crippen molar-refractivity contribution in [3.05, 3.63) is 60.1 Å².